The Morgan fingerprint density at radius 2 is 2.41 bits per heavy atom. The molecule has 0 aromatic carbocycles. The molecule has 0 spiro atoms. The molecule has 6 heteroatoms. The number of rotatable bonds is 6. The van der Waals surface area contributed by atoms with Gasteiger partial charge in [0.2, 0.25) is 0 Å². The van der Waals surface area contributed by atoms with E-state index >= 15 is 0 Å². The molecule has 0 aliphatic carbocycles. The van der Waals surface area contributed by atoms with Gasteiger partial charge in [-0.05, 0) is 12.5 Å². The van der Waals surface area contributed by atoms with Crippen LogP contribution in [0.25, 0.3) is 5.65 Å². The van der Waals surface area contributed by atoms with Crippen LogP contribution in [0.3, 0.4) is 0 Å². The summed E-state index contributed by atoms with van der Waals surface area (Å²) in [6.07, 6.45) is 4.26. The van der Waals surface area contributed by atoms with Crippen molar-refractivity contribution in [3.8, 4) is 0 Å². The molecule has 92 valence electrons. The number of aromatic nitrogens is 3. The minimum Gasteiger partial charge on any atom is -0.394 e. The molecule has 0 aliphatic rings. The first-order chi connectivity index (χ1) is 8.33. The molecule has 1 unspecified atom stereocenters. The molecule has 6 nitrogen and oxygen atoms in total. The molecule has 0 saturated carbocycles. The molecule has 0 saturated heterocycles. The van der Waals surface area contributed by atoms with E-state index in [1.807, 2.05) is 18.3 Å². The third-order valence-electron chi connectivity index (χ3n) is 2.50. The van der Waals surface area contributed by atoms with Gasteiger partial charge in [0.25, 0.3) is 0 Å². The van der Waals surface area contributed by atoms with Crippen molar-refractivity contribution in [2.75, 3.05) is 25.6 Å². The highest BCUT2D eigenvalue weighted by atomic mass is 16.5. The van der Waals surface area contributed by atoms with E-state index in [1.165, 1.54) is 0 Å². The molecule has 2 aromatic heterocycles. The number of hydrogen-bond donors (Lipinski definition) is 2. The van der Waals surface area contributed by atoms with Crippen molar-refractivity contribution >= 4 is 11.5 Å². The Labute approximate surface area is 99.2 Å². The summed E-state index contributed by atoms with van der Waals surface area (Å²) in [6, 6.07) is 3.61. The second-order valence-electron chi connectivity index (χ2n) is 3.75. The zero-order valence-corrected chi connectivity index (χ0v) is 9.71. The number of methoxy groups -OCH3 is 1. The van der Waals surface area contributed by atoms with Crippen molar-refractivity contribution < 1.29 is 9.84 Å². The lowest BCUT2D eigenvalue weighted by atomic mass is 10.2. The summed E-state index contributed by atoms with van der Waals surface area (Å²) in [5.74, 6) is 0.730. The number of ether oxygens (including phenoxy) is 1. The lowest BCUT2D eigenvalue weighted by Gasteiger charge is -2.16. The smallest absolute Gasteiger partial charge is 0.157 e. The first-order valence-electron chi connectivity index (χ1n) is 5.50. The summed E-state index contributed by atoms with van der Waals surface area (Å²) in [5.41, 5.74) is 0.776. The van der Waals surface area contributed by atoms with Crippen LogP contribution >= 0.6 is 0 Å². The van der Waals surface area contributed by atoms with Crippen LogP contribution in [-0.2, 0) is 4.74 Å². The summed E-state index contributed by atoms with van der Waals surface area (Å²) < 4.78 is 6.67. The lowest BCUT2D eigenvalue weighted by Crippen LogP contribution is -2.25. The third kappa shape index (κ3) is 2.92. The normalized spacial score (nSPS) is 12.8. The Kier molecular flexibility index (Phi) is 3.89. The first kappa shape index (κ1) is 11.8. The molecule has 2 heterocycles. The number of aliphatic hydroxyl groups excluding tert-OH is 1. The maximum Gasteiger partial charge on any atom is 0.157 e. The molecule has 0 amide bonds. The average Bonchev–Trinajstić information content (AvgIpc) is 2.81. The molecule has 2 N–H and O–H groups in total. The fourth-order valence-electron chi connectivity index (χ4n) is 1.57. The van der Waals surface area contributed by atoms with Gasteiger partial charge in [-0.25, -0.2) is 9.50 Å². The van der Waals surface area contributed by atoms with Gasteiger partial charge in [0.05, 0.1) is 18.8 Å². The van der Waals surface area contributed by atoms with Crippen molar-refractivity contribution in [1.29, 1.82) is 0 Å². The minimum absolute atomic E-state index is 0.0483. The predicted molar refractivity (Wildman–Crippen MR) is 64.0 cm³/mol. The van der Waals surface area contributed by atoms with Gasteiger partial charge in [-0.2, -0.15) is 5.10 Å². The topological polar surface area (TPSA) is 71.7 Å². The Hall–Kier alpha value is -1.66. The van der Waals surface area contributed by atoms with E-state index < -0.39 is 0 Å². The Bertz CT molecular complexity index is 471. The fraction of sp³-hybridized carbons (Fsp3) is 0.455. The van der Waals surface area contributed by atoms with Crippen LogP contribution in [0.15, 0.2) is 24.5 Å². The fourth-order valence-corrected chi connectivity index (χ4v) is 1.57. The van der Waals surface area contributed by atoms with Gasteiger partial charge in [-0.3, -0.25) is 0 Å². The zero-order chi connectivity index (χ0) is 12.1. The summed E-state index contributed by atoms with van der Waals surface area (Å²) >= 11 is 0. The van der Waals surface area contributed by atoms with Gasteiger partial charge in [0.15, 0.2) is 5.65 Å². The van der Waals surface area contributed by atoms with Crippen LogP contribution in [-0.4, -0.2) is 46.1 Å². The second-order valence-corrected chi connectivity index (χ2v) is 3.75. The van der Waals surface area contributed by atoms with Crippen LogP contribution < -0.4 is 5.32 Å². The molecule has 0 fully saturated rings. The average molecular weight is 236 g/mol. The van der Waals surface area contributed by atoms with E-state index in [1.54, 1.807) is 17.8 Å². The van der Waals surface area contributed by atoms with Crippen LogP contribution in [0.4, 0.5) is 5.82 Å². The Morgan fingerprint density at radius 3 is 3.18 bits per heavy atom. The van der Waals surface area contributed by atoms with Crippen molar-refractivity contribution in [3.63, 3.8) is 0 Å². The van der Waals surface area contributed by atoms with Crippen LogP contribution in [0.5, 0.6) is 0 Å². The highest BCUT2D eigenvalue weighted by Crippen LogP contribution is 2.08. The molecule has 2 rings (SSSR count). The van der Waals surface area contributed by atoms with E-state index in [-0.39, 0.29) is 12.6 Å². The van der Waals surface area contributed by atoms with Gasteiger partial charge < -0.3 is 15.2 Å². The number of hydrogen-bond acceptors (Lipinski definition) is 5. The number of anilines is 1. The standard InChI is InChI=1S/C11H16N4O2/c1-17-7-4-9(8-16)13-10-3-6-15-11(14-10)2-5-12-15/h2-3,5-6,9,16H,4,7-8H2,1H3,(H,13,14). The lowest BCUT2D eigenvalue weighted by molar-refractivity contribution is 0.174. The maximum absolute atomic E-state index is 9.22. The minimum atomic E-state index is -0.0483. The van der Waals surface area contributed by atoms with Gasteiger partial charge >= 0.3 is 0 Å². The maximum atomic E-state index is 9.22. The molecule has 1 atom stereocenters. The molecule has 0 radical (unpaired) electrons. The summed E-state index contributed by atoms with van der Waals surface area (Å²) in [4.78, 5) is 4.37. The van der Waals surface area contributed by atoms with Gasteiger partial charge in [-0.1, -0.05) is 0 Å². The summed E-state index contributed by atoms with van der Waals surface area (Å²) in [7, 11) is 1.64. The van der Waals surface area contributed by atoms with Crippen molar-refractivity contribution in [2.45, 2.75) is 12.5 Å². The SMILES string of the molecule is COCCC(CO)Nc1ccn2nccc2n1. The summed E-state index contributed by atoms with van der Waals surface area (Å²) in [5, 5.41) is 16.5. The number of fused-ring (bicyclic) bond motifs is 1. The molecule has 0 aliphatic heterocycles. The Balaban J connectivity index is 2.05. The molecule has 0 bridgehead atoms. The first-order valence-corrected chi connectivity index (χ1v) is 5.50. The number of nitrogens with zero attached hydrogens (tertiary/aromatic N) is 3. The van der Waals surface area contributed by atoms with Gasteiger partial charge in [0.1, 0.15) is 5.82 Å². The van der Waals surface area contributed by atoms with Crippen LogP contribution in [0.1, 0.15) is 6.42 Å². The van der Waals surface area contributed by atoms with Crippen LogP contribution in [0.2, 0.25) is 0 Å². The molecule has 17 heavy (non-hydrogen) atoms. The molecular weight excluding hydrogens is 220 g/mol. The van der Waals surface area contributed by atoms with E-state index in [0.717, 1.165) is 17.9 Å². The highest BCUT2D eigenvalue weighted by molar-refractivity contribution is 5.45. The zero-order valence-electron chi connectivity index (χ0n) is 9.71. The Morgan fingerprint density at radius 1 is 1.53 bits per heavy atom. The molecule has 2 aromatic rings. The summed E-state index contributed by atoms with van der Waals surface area (Å²) in [6.45, 7) is 0.655. The quantitative estimate of drug-likeness (QED) is 0.766. The van der Waals surface area contributed by atoms with E-state index in [0.29, 0.717) is 6.61 Å². The highest BCUT2D eigenvalue weighted by Gasteiger charge is 2.08. The predicted octanol–water partition coefficient (Wildman–Crippen LogP) is 0.539. The van der Waals surface area contributed by atoms with Gasteiger partial charge in [-0.15, -0.1) is 0 Å². The molecular formula is C11H16N4O2. The van der Waals surface area contributed by atoms with Crippen molar-refractivity contribution in [2.24, 2.45) is 0 Å². The monoisotopic (exact) mass is 236 g/mol. The van der Waals surface area contributed by atoms with Gasteiger partial charge in [0, 0.05) is 26.0 Å². The van der Waals surface area contributed by atoms with E-state index in [2.05, 4.69) is 15.4 Å². The third-order valence-corrected chi connectivity index (χ3v) is 2.50. The van der Waals surface area contributed by atoms with Crippen LogP contribution in [0, 0.1) is 0 Å². The second kappa shape index (κ2) is 5.60. The van der Waals surface area contributed by atoms with E-state index in [4.69, 9.17) is 4.74 Å². The van der Waals surface area contributed by atoms with Crippen molar-refractivity contribution in [1.82, 2.24) is 14.6 Å². The number of nitrogens with one attached hydrogen (secondary N) is 1. The number of aliphatic hydroxyl groups is 1. The van der Waals surface area contributed by atoms with E-state index in [9.17, 15) is 5.11 Å². The van der Waals surface area contributed by atoms with Crippen molar-refractivity contribution in [3.05, 3.63) is 24.5 Å². The largest absolute Gasteiger partial charge is 0.394 e.